The van der Waals surface area contributed by atoms with Crippen LogP contribution in [0.1, 0.15) is 17.5 Å². The highest BCUT2D eigenvalue weighted by Gasteiger charge is 2.09. The first kappa shape index (κ1) is 13.0. The van der Waals surface area contributed by atoms with Crippen LogP contribution in [-0.4, -0.2) is 0 Å². The number of hydrogen-bond donors (Lipinski definition) is 0. The maximum atomic E-state index is 4.53. The monoisotopic (exact) mass is 284 g/mol. The molecule has 3 aromatic carbocycles. The Morgan fingerprint density at radius 3 is 2.50 bits per heavy atom. The Labute approximate surface area is 129 Å². The summed E-state index contributed by atoms with van der Waals surface area (Å²) in [5, 5.41) is 11.4. The van der Waals surface area contributed by atoms with Gasteiger partial charge in [0.05, 0.1) is 11.4 Å². The minimum absolute atomic E-state index is 0.919. The summed E-state index contributed by atoms with van der Waals surface area (Å²) >= 11 is 0. The fourth-order valence-electron chi connectivity index (χ4n) is 2.96. The van der Waals surface area contributed by atoms with E-state index < -0.39 is 0 Å². The van der Waals surface area contributed by atoms with Crippen molar-refractivity contribution in [2.45, 2.75) is 12.8 Å². The molecule has 1 aliphatic carbocycles. The van der Waals surface area contributed by atoms with Gasteiger partial charge in [-0.05, 0) is 41.5 Å². The Bertz CT molecular complexity index is 886. The molecule has 0 unspecified atom stereocenters. The minimum Gasteiger partial charge on any atom is -0.150 e. The molecule has 1 aliphatic rings. The molecule has 0 saturated carbocycles. The van der Waals surface area contributed by atoms with Crippen LogP contribution >= 0.6 is 0 Å². The third kappa shape index (κ3) is 2.33. The highest BCUT2D eigenvalue weighted by Crippen LogP contribution is 2.31. The molecule has 3 aromatic rings. The summed E-state index contributed by atoms with van der Waals surface area (Å²) in [6.45, 7) is 0. The van der Waals surface area contributed by atoms with Crippen LogP contribution in [0, 0.1) is 0 Å². The minimum atomic E-state index is 0.919. The quantitative estimate of drug-likeness (QED) is 0.499. The van der Waals surface area contributed by atoms with E-state index in [1.165, 1.54) is 16.5 Å². The van der Waals surface area contributed by atoms with E-state index in [1.54, 1.807) is 0 Å². The van der Waals surface area contributed by atoms with Crippen molar-refractivity contribution in [3.05, 3.63) is 77.9 Å². The molecule has 2 heteroatoms. The van der Waals surface area contributed by atoms with Gasteiger partial charge in [-0.2, -0.15) is 5.11 Å². The Hall–Kier alpha value is -2.74. The fourth-order valence-corrected chi connectivity index (χ4v) is 2.96. The van der Waals surface area contributed by atoms with E-state index in [2.05, 4.69) is 46.6 Å². The van der Waals surface area contributed by atoms with Crippen molar-refractivity contribution in [1.82, 2.24) is 0 Å². The van der Waals surface area contributed by atoms with Crippen LogP contribution in [0.2, 0.25) is 0 Å². The van der Waals surface area contributed by atoms with Crippen molar-refractivity contribution >= 4 is 28.2 Å². The van der Waals surface area contributed by atoms with Gasteiger partial charge in [0.15, 0.2) is 0 Å². The van der Waals surface area contributed by atoms with Crippen LogP contribution in [0.15, 0.2) is 77.0 Å². The largest absolute Gasteiger partial charge is 0.150 e. The average Bonchev–Trinajstić information content (AvgIpc) is 2.60. The maximum absolute atomic E-state index is 4.53. The number of hydrogen-bond acceptors (Lipinski definition) is 2. The van der Waals surface area contributed by atoms with Gasteiger partial charge in [-0.3, -0.25) is 0 Å². The van der Waals surface area contributed by atoms with E-state index in [-0.39, 0.29) is 0 Å². The topological polar surface area (TPSA) is 24.7 Å². The van der Waals surface area contributed by atoms with Crippen molar-refractivity contribution in [3.63, 3.8) is 0 Å². The predicted octanol–water partition coefficient (Wildman–Crippen LogP) is 6.21. The van der Waals surface area contributed by atoms with Crippen molar-refractivity contribution in [1.29, 1.82) is 0 Å². The van der Waals surface area contributed by atoms with Gasteiger partial charge in [0, 0.05) is 5.39 Å². The first-order valence-electron chi connectivity index (χ1n) is 7.60. The highest BCUT2D eigenvalue weighted by molar-refractivity contribution is 5.92. The summed E-state index contributed by atoms with van der Waals surface area (Å²) in [5.41, 5.74) is 4.46. The molecule has 0 fully saturated rings. The van der Waals surface area contributed by atoms with Crippen molar-refractivity contribution in [2.24, 2.45) is 10.2 Å². The fraction of sp³-hybridized carbons (Fsp3) is 0.100. The van der Waals surface area contributed by atoms with Crippen molar-refractivity contribution in [3.8, 4) is 0 Å². The van der Waals surface area contributed by atoms with Gasteiger partial charge in [0.1, 0.15) is 0 Å². The third-order valence-electron chi connectivity index (χ3n) is 4.08. The predicted molar refractivity (Wildman–Crippen MR) is 91.9 cm³/mol. The number of benzene rings is 3. The lowest BCUT2D eigenvalue weighted by Gasteiger charge is -2.11. The molecule has 4 rings (SSSR count). The summed E-state index contributed by atoms with van der Waals surface area (Å²) < 4.78 is 0. The highest BCUT2D eigenvalue weighted by atomic mass is 15.1. The number of allylic oxidation sites excluding steroid dienone is 1. The van der Waals surface area contributed by atoms with Gasteiger partial charge >= 0.3 is 0 Å². The zero-order valence-corrected chi connectivity index (χ0v) is 12.2. The molecular formula is C20H16N2. The smallest absolute Gasteiger partial charge is 0.0935 e. The van der Waals surface area contributed by atoms with Crippen LogP contribution in [-0.2, 0) is 6.42 Å². The molecule has 106 valence electrons. The summed E-state index contributed by atoms with van der Waals surface area (Å²) in [4.78, 5) is 0. The molecular weight excluding hydrogens is 268 g/mol. The van der Waals surface area contributed by atoms with Gasteiger partial charge in [0.2, 0.25) is 0 Å². The Morgan fingerprint density at radius 1 is 0.727 bits per heavy atom. The molecule has 0 spiro atoms. The number of rotatable bonds is 2. The standard InChI is InChI=1S/C20H16N2/c1-3-11-17-15(7-1)9-5-13-19(17)21-22-20-14-6-10-16-8-2-4-12-18(16)20/h1-3,5-11,13-14H,4,12H2. The lowest BCUT2D eigenvalue weighted by molar-refractivity contribution is 0.978. The van der Waals surface area contributed by atoms with Gasteiger partial charge in [-0.1, -0.05) is 60.7 Å². The molecule has 22 heavy (non-hydrogen) atoms. The molecule has 0 radical (unpaired) electrons. The van der Waals surface area contributed by atoms with Gasteiger partial charge in [0.25, 0.3) is 0 Å². The van der Waals surface area contributed by atoms with Gasteiger partial charge in [-0.25, -0.2) is 0 Å². The zero-order valence-electron chi connectivity index (χ0n) is 12.2. The van der Waals surface area contributed by atoms with E-state index in [4.69, 9.17) is 0 Å². The van der Waals surface area contributed by atoms with Gasteiger partial charge < -0.3 is 0 Å². The molecule has 0 aromatic heterocycles. The SMILES string of the molecule is C1=Cc2cccc(N=Nc3cccc4ccccc34)c2CC1. The lowest BCUT2D eigenvalue weighted by Crippen LogP contribution is -1.93. The first-order valence-corrected chi connectivity index (χ1v) is 7.60. The first-order chi connectivity index (χ1) is 10.9. The maximum Gasteiger partial charge on any atom is 0.0935 e. The molecule has 0 bridgehead atoms. The average molecular weight is 284 g/mol. The molecule has 2 nitrogen and oxygen atoms in total. The zero-order chi connectivity index (χ0) is 14.8. The Balaban J connectivity index is 1.77. The van der Waals surface area contributed by atoms with E-state index in [0.29, 0.717) is 0 Å². The lowest BCUT2D eigenvalue weighted by atomic mass is 9.96. The molecule has 0 amide bonds. The summed E-state index contributed by atoms with van der Waals surface area (Å²) in [5.74, 6) is 0. The summed E-state index contributed by atoms with van der Waals surface area (Å²) in [7, 11) is 0. The Kier molecular flexibility index (Phi) is 3.28. The van der Waals surface area contributed by atoms with E-state index >= 15 is 0 Å². The normalized spacial score (nSPS) is 13.6. The molecule has 0 N–H and O–H groups in total. The Morgan fingerprint density at radius 2 is 1.50 bits per heavy atom. The molecule has 0 atom stereocenters. The van der Waals surface area contributed by atoms with E-state index in [1.807, 2.05) is 36.4 Å². The van der Waals surface area contributed by atoms with Gasteiger partial charge in [-0.15, -0.1) is 5.11 Å². The number of azo groups is 1. The molecule has 0 saturated heterocycles. The molecule has 0 aliphatic heterocycles. The number of nitrogens with zero attached hydrogens (tertiary/aromatic N) is 2. The number of fused-ring (bicyclic) bond motifs is 2. The van der Waals surface area contributed by atoms with Crippen LogP contribution < -0.4 is 0 Å². The van der Waals surface area contributed by atoms with Crippen LogP contribution in [0.4, 0.5) is 11.4 Å². The second-order valence-electron chi connectivity index (χ2n) is 5.48. The molecule has 0 heterocycles. The van der Waals surface area contributed by atoms with Crippen LogP contribution in [0.5, 0.6) is 0 Å². The van der Waals surface area contributed by atoms with Crippen molar-refractivity contribution < 1.29 is 0 Å². The summed E-state index contributed by atoms with van der Waals surface area (Å²) in [6.07, 6.45) is 6.51. The van der Waals surface area contributed by atoms with Crippen LogP contribution in [0.3, 0.4) is 0 Å². The second kappa shape index (κ2) is 5.57. The van der Waals surface area contributed by atoms with E-state index in [9.17, 15) is 0 Å². The third-order valence-corrected chi connectivity index (χ3v) is 4.08. The van der Waals surface area contributed by atoms with Crippen molar-refractivity contribution in [2.75, 3.05) is 0 Å². The summed E-state index contributed by atoms with van der Waals surface area (Å²) in [6, 6.07) is 20.7. The second-order valence-corrected chi connectivity index (χ2v) is 5.48. The van der Waals surface area contributed by atoms with E-state index in [0.717, 1.165) is 29.6 Å². The van der Waals surface area contributed by atoms with Crippen LogP contribution in [0.25, 0.3) is 16.8 Å².